The average Bonchev–Trinajstić information content (AvgIpc) is 2.27. The van der Waals surface area contributed by atoms with Crippen molar-refractivity contribution >= 4 is 0 Å². The molecule has 0 saturated carbocycles. The van der Waals surface area contributed by atoms with Gasteiger partial charge in [0.25, 0.3) is 0 Å². The van der Waals surface area contributed by atoms with Crippen LogP contribution in [0.15, 0.2) is 18.3 Å². The lowest BCUT2D eigenvalue weighted by Gasteiger charge is -2.16. The van der Waals surface area contributed by atoms with Gasteiger partial charge >= 0.3 is 0 Å². The minimum Gasteiger partial charge on any atom is -0.481 e. The predicted molar refractivity (Wildman–Crippen MR) is 54.0 cm³/mol. The summed E-state index contributed by atoms with van der Waals surface area (Å²) in [6, 6.07) is 3.23. The second kappa shape index (κ2) is 4.93. The number of aromatic nitrogens is 1. The Morgan fingerprint density at radius 3 is 2.71 bits per heavy atom. The SMILES string of the molecule is CCC(N)C(O)c1ccc(OC)nc1. The van der Waals surface area contributed by atoms with Gasteiger partial charge in [-0.2, -0.15) is 0 Å². The Balaban J connectivity index is 2.75. The molecule has 1 aromatic rings. The molecule has 0 aromatic carbocycles. The van der Waals surface area contributed by atoms with Gasteiger partial charge in [0.2, 0.25) is 5.88 Å². The van der Waals surface area contributed by atoms with E-state index in [1.54, 1.807) is 25.4 Å². The minimum absolute atomic E-state index is 0.245. The van der Waals surface area contributed by atoms with Gasteiger partial charge in [-0.1, -0.05) is 6.92 Å². The molecule has 14 heavy (non-hydrogen) atoms. The Bertz CT molecular complexity index is 274. The molecule has 0 fully saturated rings. The number of aliphatic hydroxyl groups excluding tert-OH is 1. The van der Waals surface area contributed by atoms with Gasteiger partial charge in [-0.3, -0.25) is 0 Å². The normalized spacial score (nSPS) is 14.9. The lowest BCUT2D eigenvalue weighted by Crippen LogP contribution is -2.27. The van der Waals surface area contributed by atoms with Crippen LogP contribution in [0.25, 0.3) is 0 Å². The van der Waals surface area contributed by atoms with Gasteiger partial charge in [0.05, 0.1) is 13.2 Å². The smallest absolute Gasteiger partial charge is 0.212 e. The van der Waals surface area contributed by atoms with E-state index in [-0.39, 0.29) is 6.04 Å². The van der Waals surface area contributed by atoms with E-state index in [0.717, 1.165) is 12.0 Å². The van der Waals surface area contributed by atoms with Crippen molar-refractivity contribution in [3.8, 4) is 5.88 Å². The van der Waals surface area contributed by atoms with Crippen LogP contribution in [0, 0.1) is 0 Å². The Labute approximate surface area is 83.7 Å². The largest absolute Gasteiger partial charge is 0.481 e. The zero-order valence-electron chi connectivity index (χ0n) is 8.47. The first-order valence-corrected chi connectivity index (χ1v) is 4.62. The number of hydrogen-bond donors (Lipinski definition) is 2. The maximum absolute atomic E-state index is 9.75. The molecule has 0 saturated heterocycles. The molecule has 0 bridgehead atoms. The average molecular weight is 196 g/mol. The fourth-order valence-corrected chi connectivity index (χ4v) is 1.16. The first-order chi connectivity index (χ1) is 6.69. The zero-order valence-corrected chi connectivity index (χ0v) is 8.47. The monoisotopic (exact) mass is 196 g/mol. The highest BCUT2D eigenvalue weighted by atomic mass is 16.5. The highest BCUT2D eigenvalue weighted by Gasteiger charge is 2.15. The highest BCUT2D eigenvalue weighted by molar-refractivity contribution is 5.20. The van der Waals surface area contributed by atoms with Crippen molar-refractivity contribution in [2.24, 2.45) is 5.73 Å². The van der Waals surface area contributed by atoms with Crippen molar-refractivity contribution in [3.05, 3.63) is 23.9 Å². The Hall–Kier alpha value is -1.13. The maximum Gasteiger partial charge on any atom is 0.212 e. The topological polar surface area (TPSA) is 68.4 Å². The fourth-order valence-electron chi connectivity index (χ4n) is 1.16. The number of hydrogen-bond acceptors (Lipinski definition) is 4. The molecule has 0 radical (unpaired) electrons. The van der Waals surface area contributed by atoms with Crippen molar-refractivity contribution in [3.63, 3.8) is 0 Å². The van der Waals surface area contributed by atoms with E-state index in [0.29, 0.717) is 5.88 Å². The number of aliphatic hydroxyl groups is 1. The predicted octanol–water partition coefficient (Wildman–Crippen LogP) is 0.861. The summed E-state index contributed by atoms with van der Waals surface area (Å²) in [6.07, 6.45) is 1.66. The quantitative estimate of drug-likeness (QED) is 0.749. The molecular weight excluding hydrogens is 180 g/mol. The molecule has 4 heteroatoms. The van der Waals surface area contributed by atoms with Crippen molar-refractivity contribution in [2.45, 2.75) is 25.5 Å². The van der Waals surface area contributed by atoms with Crippen LogP contribution in [0.4, 0.5) is 0 Å². The van der Waals surface area contributed by atoms with Gasteiger partial charge in [-0.25, -0.2) is 4.98 Å². The third kappa shape index (κ3) is 2.43. The molecule has 2 atom stereocenters. The summed E-state index contributed by atoms with van der Waals surface area (Å²) in [4.78, 5) is 4.00. The maximum atomic E-state index is 9.75. The van der Waals surface area contributed by atoms with Crippen LogP contribution in [-0.4, -0.2) is 23.2 Å². The molecule has 0 aliphatic heterocycles. The summed E-state index contributed by atoms with van der Waals surface area (Å²) in [7, 11) is 1.55. The number of methoxy groups -OCH3 is 1. The van der Waals surface area contributed by atoms with E-state index in [9.17, 15) is 5.11 Å². The third-order valence-electron chi connectivity index (χ3n) is 2.19. The van der Waals surface area contributed by atoms with Crippen molar-refractivity contribution in [1.82, 2.24) is 4.98 Å². The first kappa shape index (κ1) is 10.9. The third-order valence-corrected chi connectivity index (χ3v) is 2.19. The summed E-state index contributed by atoms with van der Waals surface area (Å²) in [5.74, 6) is 0.533. The summed E-state index contributed by atoms with van der Waals surface area (Å²) in [5, 5.41) is 9.75. The molecule has 1 heterocycles. The van der Waals surface area contributed by atoms with Gasteiger partial charge in [-0.05, 0) is 12.5 Å². The molecule has 1 aromatic heterocycles. The lowest BCUT2D eigenvalue weighted by molar-refractivity contribution is 0.144. The summed E-state index contributed by atoms with van der Waals surface area (Å²) in [5.41, 5.74) is 6.43. The van der Waals surface area contributed by atoms with E-state index in [4.69, 9.17) is 10.5 Å². The molecule has 0 aliphatic rings. The number of ether oxygens (including phenoxy) is 1. The second-order valence-electron chi connectivity index (χ2n) is 3.15. The van der Waals surface area contributed by atoms with Gasteiger partial charge < -0.3 is 15.6 Å². The molecule has 0 aliphatic carbocycles. The van der Waals surface area contributed by atoms with Crippen LogP contribution in [0.1, 0.15) is 25.0 Å². The molecule has 0 amide bonds. The van der Waals surface area contributed by atoms with E-state index < -0.39 is 6.10 Å². The molecule has 3 N–H and O–H groups in total. The van der Waals surface area contributed by atoms with Gasteiger partial charge in [-0.15, -0.1) is 0 Å². The molecule has 2 unspecified atom stereocenters. The Morgan fingerprint density at radius 1 is 1.57 bits per heavy atom. The Kier molecular flexibility index (Phi) is 3.85. The zero-order chi connectivity index (χ0) is 10.6. The number of nitrogens with two attached hydrogens (primary N) is 1. The van der Waals surface area contributed by atoms with Crippen molar-refractivity contribution in [1.29, 1.82) is 0 Å². The number of pyridine rings is 1. The van der Waals surface area contributed by atoms with E-state index in [1.807, 2.05) is 6.92 Å². The Morgan fingerprint density at radius 2 is 2.29 bits per heavy atom. The van der Waals surface area contributed by atoms with Gasteiger partial charge in [0, 0.05) is 23.9 Å². The standard InChI is InChI=1S/C10H16N2O2/c1-3-8(11)10(13)7-4-5-9(14-2)12-6-7/h4-6,8,10,13H,3,11H2,1-2H3. The van der Waals surface area contributed by atoms with Gasteiger partial charge in [0.15, 0.2) is 0 Å². The van der Waals surface area contributed by atoms with E-state index >= 15 is 0 Å². The molecule has 78 valence electrons. The minimum atomic E-state index is -0.654. The van der Waals surface area contributed by atoms with Crippen molar-refractivity contribution < 1.29 is 9.84 Å². The van der Waals surface area contributed by atoms with E-state index in [2.05, 4.69) is 4.98 Å². The van der Waals surface area contributed by atoms with Crippen LogP contribution < -0.4 is 10.5 Å². The lowest BCUT2D eigenvalue weighted by atomic mass is 10.0. The van der Waals surface area contributed by atoms with Crippen LogP contribution in [-0.2, 0) is 0 Å². The van der Waals surface area contributed by atoms with Gasteiger partial charge in [0.1, 0.15) is 0 Å². The molecule has 4 nitrogen and oxygen atoms in total. The molecule has 1 rings (SSSR count). The van der Waals surface area contributed by atoms with Crippen LogP contribution >= 0.6 is 0 Å². The van der Waals surface area contributed by atoms with E-state index in [1.165, 1.54) is 0 Å². The first-order valence-electron chi connectivity index (χ1n) is 4.62. The summed E-state index contributed by atoms with van der Waals surface area (Å²) >= 11 is 0. The summed E-state index contributed by atoms with van der Waals surface area (Å²) in [6.45, 7) is 1.94. The molecule has 0 spiro atoms. The second-order valence-corrected chi connectivity index (χ2v) is 3.15. The fraction of sp³-hybridized carbons (Fsp3) is 0.500. The highest BCUT2D eigenvalue weighted by Crippen LogP contribution is 2.18. The number of nitrogens with zero attached hydrogens (tertiary/aromatic N) is 1. The molecular formula is C10H16N2O2. The number of rotatable bonds is 4. The van der Waals surface area contributed by atoms with Crippen LogP contribution in [0.5, 0.6) is 5.88 Å². The van der Waals surface area contributed by atoms with Crippen LogP contribution in [0.2, 0.25) is 0 Å². The van der Waals surface area contributed by atoms with Crippen LogP contribution in [0.3, 0.4) is 0 Å². The van der Waals surface area contributed by atoms with Crippen molar-refractivity contribution in [2.75, 3.05) is 7.11 Å². The summed E-state index contributed by atoms with van der Waals surface area (Å²) < 4.78 is 4.91.